The van der Waals surface area contributed by atoms with Crippen molar-refractivity contribution in [2.45, 2.75) is 72.0 Å². The quantitative estimate of drug-likeness (QED) is 0.633. The smallest absolute Gasteiger partial charge is 0.146 e. The van der Waals surface area contributed by atoms with Gasteiger partial charge in [-0.2, -0.15) is 0 Å². The number of hydrogen-bond donors (Lipinski definition) is 0. The molecule has 0 aliphatic heterocycles. The molecule has 8 atom stereocenters. The lowest BCUT2D eigenvalue weighted by Crippen LogP contribution is -2.63. The molecule has 0 aromatic rings. The molecule has 0 spiro atoms. The Kier molecular flexibility index (Phi) is 6.32. The predicted octanol–water partition coefficient (Wildman–Crippen LogP) is 4.08. The van der Waals surface area contributed by atoms with Crippen LogP contribution in [0.3, 0.4) is 0 Å². The molecule has 0 radical (unpaired) electrons. The minimum Gasteiger partial charge on any atom is -0.384 e. The SMILES string of the molecule is COCO[C@H]1C[C@@](C)(COC)C(=O)[C@H](C)[C@@]23CC[C@@H](C)[C@]1(C)[C@H]2[C@H](OC)CC3. The Morgan fingerprint density at radius 3 is 2.32 bits per heavy atom. The molecular weight excluding hydrogens is 356 g/mol. The van der Waals surface area contributed by atoms with Crippen LogP contribution in [0.15, 0.2) is 0 Å². The molecule has 2 bridgehead atoms. The number of carbonyl (C=O) groups excluding carboxylic acids is 1. The van der Waals surface area contributed by atoms with Gasteiger partial charge in [0.05, 0.1) is 24.2 Å². The van der Waals surface area contributed by atoms with Crippen LogP contribution in [-0.2, 0) is 23.7 Å². The van der Waals surface area contributed by atoms with Crippen molar-refractivity contribution in [1.82, 2.24) is 0 Å². The molecule has 3 aliphatic rings. The fourth-order valence-electron chi connectivity index (χ4n) is 7.33. The maximum absolute atomic E-state index is 13.8. The van der Waals surface area contributed by atoms with Crippen molar-refractivity contribution in [2.75, 3.05) is 34.7 Å². The van der Waals surface area contributed by atoms with Crippen LogP contribution in [-0.4, -0.2) is 52.7 Å². The van der Waals surface area contributed by atoms with Crippen LogP contribution in [0, 0.1) is 34.0 Å². The average molecular weight is 397 g/mol. The van der Waals surface area contributed by atoms with Gasteiger partial charge in [0.25, 0.3) is 0 Å². The van der Waals surface area contributed by atoms with Gasteiger partial charge in [-0.25, -0.2) is 0 Å². The summed E-state index contributed by atoms with van der Waals surface area (Å²) in [6, 6.07) is 0. The van der Waals surface area contributed by atoms with E-state index in [-0.39, 0.29) is 35.7 Å². The zero-order valence-corrected chi connectivity index (χ0v) is 18.9. The molecule has 3 fully saturated rings. The zero-order chi connectivity index (χ0) is 20.7. The lowest BCUT2D eigenvalue weighted by atomic mass is 9.44. The van der Waals surface area contributed by atoms with E-state index in [1.807, 2.05) is 7.11 Å². The fraction of sp³-hybridized carbons (Fsp3) is 0.957. The monoisotopic (exact) mass is 396 g/mol. The van der Waals surface area contributed by atoms with Gasteiger partial charge in [0, 0.05) is 32.7 Å². The van der Waals surface area contributed by atoms with Crippen molar-refractivity contribution in [3.05, 3.63) is 0 Å². The van der Waals surface area contributed by atoms with Crippen molar-refractivity contribution in [3.8, 4) is 0 Å². The summed E-state index contributed by atoms with van der Waals surface area (Å²) in [5, 5.41) is 0. The van der Waals surface area contributed by atoms with Crippen molar-refractivity contribution in [3.63, 3.8) is 0 Å². The van der Waals surface area contributed by atoms with E-state index >= 15 is 0 Å². The molecule has 3 rings (SSSR count). The number of rotatable bonds is 6. The summed E-state index contributed by atoms with van der Waals surface area (Å²) in [5.74, 6) is 1.16. The van der Waals surface area contributed by atoms with E-state index in [2.05, 4.69) is 27.7 Å². The number of carbonyl (C=O) groups is 1. The molecule has 5 heteroatoms. The van der Waals surface area contributed by atoms with Gasteiger partial charge < -0.3 is 18.9 Å². The zero-order valence-electron chi connectivity index (χ0n) is 18.9. The van der Waals surface area contributed by atoms with E-state index < -0.39 is 5.41 Å². The van der Waals surface area contributed by atoms with Crippen LogP contribution in [0.4, 0.5) is 0 Å². The number of ketones is 1. The van der Waals surface area contributed by atoms with Crippen LogP contribution in [0.5, 0.6) is 0 Å². The second-order valence-corrected chi connectivity index (χ2v) is 10.2. The van der Waals surface area contributed by atoms with Crippen LogP contribution in [0.2, 0.25) is 0 Å². The van der Waals surface area contributed by atoms with Crippen LogP contribution >= 0.6 is 0 Å². The average Bonchev–Trinajstić information content (AvgIpc) is 3.07. The third-order valence-electron chi connectivity index (χ3n) is 8.99. The minimum absolute atomic E-state index is 0.00741. The summed E-state index contributed by atoms with van der Waals surface area (Å²) in [7, 11) is 5.18. The number of methoxy groups -OCH3 is 3. The summed E-state index contributed by atoms with van der Waals surface area (Å²) >= 11 is 0. The molecule has 162 valence electrons. The molecule has 0 N–H and O–H groups in total. The summed E-state index contributed by atoms with van der Waals surface area (Å²) in [4.78, 5) is 13.8. The first kappa shape index (κ1) is 22.2. The van der Waals surface area contributed by atoms with E-state index in [9.17, 15) is 4.79 Å². The summed E-state index contributed by atoms with van der Waals surface area (Å²) in [5.41, 5.74) is -0.630. The Hall–Kier alpha value is -0.490. The van der Waals surface area contributed by atoms with Gasteiger partial charge >= 0.3 is 0 Å². The molecule has 3 aliphatic carbocycles. The van der Waals surface area contributed by atoms with Gasteiger partial charge in [0.2, 0.25) is 0 Å². The lowest BCUT2D eigenvalue weighted by molar-refractivity contribution is -0.221. The van der Waals surface area contributed by atoms with E-state index in [1.165, 1.54) is 0 Å². The van der Waals surface area contributed by atoms with Gasteiger partial charge in [0.1, 0.15) is 12.6 Å². The van der Waals surface area contributed by atoms with Crippen LogP contribution < -0.4 is 0 Å². The summed E-state index contributed by atoms with van der Waals surface area (Å²) in [6.07, 6.45) is 5.10. The highest BCUT2D eigenvalue weighted by Crippen LogP contribution is 2.68. The molecule has 0 aromatic carbocycles. The van der Waals surface area contributed by atoms with E-state index in [0.717, 1.165) is 25.7 Å². The third kappa shape index (κ3) is 3.08. The molecule has 0 aromatic heterocycles. The van der Waals surface area contributed by atoms with Crippen molar-refractivity contribution >= 4 is 5.78 Å². The maximum atomic E-state index is 13.8. The first-order valence-electron chi connectivity index (χ1n) is 10.9. The highest BCUT2D eigenvalue weighted by Gasteiger charge is 2.68. The Labute approximate surface area is 170 Å². The Morgan fingerprint density at radius 2 is 1.71 bits per heavy atom. The molecule has 28 heavy (non-hydrogen) atoms. The Morgan fingerprint density at radius 1 is 1.04 bits per heavy atom. The molecule has 0 amide bonds. The molecule has 0 heterocycles. The first-order chi connectivity index (χ1) is 13.2. The fourth-order valence-corrected chi connectivity index (χ4v) is 7.33. The van der Waals surface area contributed by atoms with Gasteiger partial charge in [-0.15, -0.1) is 0 Å². The topological polar surface area (TPSA) is 54.0 Å². The highest BCUT2D eigenvalue weighted by molar-refractivity contribution is 5.87. The van der Waals surface area contributed by atoms with Crippen molar-refractivity contribution in [1.29, 1.82) is 0 Å². The van der Waals surface area contributed by atoms with Gasteiger partial charge in [-0.05, 0) is 49.4 Å². The normalized spacial score (nSPS) is 48.8. The molecule has 5 nitrogen and oxygen atoms in total. The Balaban J connectivity index is 2.17. The number of Topliss-reactive ketones (excluding diaryl/α,β-unsaturated/α-hetero) is 1. The molecule has 3 saturated carbocycles. The minimum atomic E-state index is -0.548. The van der Waals surface area contributed by atoms with E-state index in [0.29, 0.717) is 30.6 Å². The third-order valence-corrected chi connectivity index (χ3v) is 8.99. The van der Waals surface area contributed by atoms with Gasteiger partial charge in [0.15, 0.2) is 0 Å². The van der Waals surface area contributed by atoms with Gasteiger partial charge in [-0.1, -0.05) is 27.7 Å². The predicted molar refractivity (Wildman–Crippen MR) is 108 cm³/mol. The summed E-state index contributed by atoms with van der Waals surface area (Å²) < 4.78 is 23.3. The lowest BCUT2D eigenvalue weighted by Gasteiger charge is -2.62. The maximum Gasteiger partial charge on any atom is 0.146 e. The number of hydrogen-bond acceptors (Lipinski definition) is 5. The van der Waals surface area contributed by atoms with Crippen LogP contribution in [0.25, 0.3) is 0 Å². The Bertz CT molecular complexity index is 579. The first-order valence-corrected chi connectivity index (χ1v) is 10.9. The standard InChI is InChI=1S/C23H40O5/c1-15-8-10-23-11-9-17(27-7)19(23)22(15,4)18(28-14-26-6)12-21(3,13-25-5)20(24)16(23)2/h15-19H,8-14H2,1-7H3/t15-,16+,17-,18+,19-,21+,22+,23+/m1/s1. The number of ether oxygens (including phenoxy) is 4. The second kappa shape index (κ2) is 7.98. The molecule has 0 unspecified atom stereocenters. The molecular formula is C23H40O5. The second-order valence-electron chi connectivity index (χ2n) is 10.2. The van der Waals surface area contributed by atoms with E-state index in [1.54, 1.807) is 14.2 Å². The molecule has 0 saturated heterocycles. The van der Waals surface area contributed by atoms with Crippen molar-refractivity contribution in [2.24, 2.45) is 34.0 Å². The van der Waals surface area contributed by atoms with E-state index in [4.69, 9.17) is 18.9 Å². The van der Waals surface area contributed by atoms with Crippen LogP contribution in [0.1, 0.15) is 59.8 Å². The van der Waals surface area contributed by atoms with Gasteiger partial charge in [-0.3, -0.25) is 4.79 Å². The largest absolute Gasteiger partial charge is 0.384 e. The highest BCUT2D eigenvalue weighted by atomic mass is 16.7. The summed E-state index contributed by atoms with van der Waals surface area (Å²) in [6.45, 7) is 9.68. The van der Waals surface area contributed by atoms with Crippen molar-refractivity contribution < 1.29 is 23.7 Å².